The van der Waals surface area contributed by atoms with Crippen molar-refractivity contribution >= 4 is 0 Å². The van der Waals surface area contributed by atoms with Crippen molar-refractivity contribution in [1.29, 1.82) is 0 Å². The lowest BCUT2D eigenvalue weighted by molar-refractivity contribution is 0.0816. The Balaban J connectivity index is 2.40. The lowest BCUT2D eigenvalue weighted by atomic mass is 9.75. The summed E-state index contributed by atoms with van der Waals surface area (Å²) in [6, 6.07) is 0. The molecule has 0 N–H and O–H groups in total. The van der Waals surface area contributed by atoms with Gasteiger partial charge >= 0.3 is 0 Å². The van der Waals surface area contributed by atoms with Crippen molar-refractivity contribution in [2.45, 2.75) is 46.5 Å². The van der Waals surface area contributed by atoms with Gasteiger partial charge in [-0.3, -0.25) is 0 Å². The molecule has 0 aliphatic carbocycles. The number of hydrogen-bond donors (Lipinski definition) is 0. The lowest BCUT2D eigenvalue weighted by Gasteiger charge is -2.32. The van der Waals surface area contributed by atoms with Crippen molar-refractivity contribution in [1.82, 2.24) is 0 Å². The van der Waals surface area contributed by atoms with Crippen LogP contribution in [0, 0.1) is 11.3 Å². The third-order valence-corrected chi connectivity index (χ3v) is 2.91. The molecule has 1 nitrogen and oxygen atoms in total. The van der Waals surface area contributed by atoms with E-state index < -0.39 is 0 Å². The molecule has 72 valence electrons. The molecule has 0 bridgehead atoms. The molecule has 1 aliphatic rings. The summed E-state index contributed by atoms with van der Waals surface area (Å²) in [5.41, 5.74) is 0.497. The first-order valence-corrected chi connectivity index (χ1v) is 5.18. The Morgan fingerprint density at radius 3 is 1.92 bits per heavy atom. The standard InChI is InChI=1S/C11H22O/c1-11(2,3)10-6-4-8-12-9-5-7-10/h10H,4-9H2,1-3H3. The van der Waals surface area contributed by atoms with Crippen molar-refractivity contribution in [3.63, 3.8) is 0 Å². The fraction of sp³-hybridized carbons (Fsp3) is 1.00. The first kappa shape index (κ1) is 10.0. The molecular weight excluding hydrogens is 148 g/mol. The second-order valence-corrected chi connectivity index (χ2v) is 4.96. The molecule has 1 rings (SSSR count). The summed E-state index contributed by atoms with van der Waals surface area (Å²) in [4.78, 5) is 0. The van der Waals surface area contributed by atoms with Crippen LogP contribution in [0.5, 0.6) is 0 Å². The monoisotopic (exact) mass is 170 g/mol. The molecule has 1 heterocycles. The highest BCUT2D eigenvalue weighted by atomic mass is 16.5. The van der Waals surface area contributed by atoms with E-state index in [-0.39, 0.29) is 0 Å². The lowest BCUT2D eigenvalue weighted by Crippen LogP contribution is -2.23. The molecule has 0 aromatic heterocycles. The summed E-state index contributed by atoms with van der Waals surface area (Å²) < 4.78 is 5.44. The van der Waals surface area contributed by atoms with Gasteiger partial charge in [0.15, 0.2) is 0 Å². The predicted molar refractivity (Wildman–Crippen MR) is 52.2 cm³/mol. The van der Waals surface area contributed by atoms with E-state index in [1.54, 1.807) is 0 Å². The average molecular weight is 170 g/mol. The second kappa shape index (κ2) is 4.27. The minimum absolute atomic E-state index is 0.497. The summed E-state index contributed by atoms with van der Waals surface area (Å²) in [7, 11) is 0. The highest BCUT2D eigenvalue weighted by molar-refractivity contribution is 4.74. The van der Waals surface area contributed by atoms with Gasteiger partial charge in [-0.25, -0.2) is 0 Å². The van der Waals surface area contributed by atoms with Gasteiger partial charge in [-0.15, -0.1) is 0 Å². The third kappa shape index (κ3) is 3.14. The maximum absolute atomic E-state index is 5.44. The van der Waals surface area contributed by atoms with Crippen LogP contribution in [0.25, 0.3) is 0 Å². The van der Waals surface area contributed by atoms with Crippen molar-refractivity contribution in [2.75, 3.05) is 13.2 Å². The van der Waals surface area contributed by atoms with Gasteiger partial charge < -0.3 is 4.74 Å². The first-order chi connectivity index (χ1) is 5.61. The molecule has 0 saturated carbocycles. The Labute approximate surface area is 76.5 Å². The summed E-state index contributed by atoms with van der Waals surface area (Å²) >= 11 is 0. The van der Waals surface area contributed by atoms with E-state index in [2.05, 4.69) is 20.8 Å². The van der Waals surface area contributed by atoms with Gasteiger partial charge in [0.05, 0.1) is 0 Å². The molecule has 0 radical (unpaired) electrons. The van der Waals surface area contributed by atoms with E-state index in [4.69, 9.17) is 4.74 Å². The Kier molecular flexibility index (Phi) is 3.57. The van der Waals surface area contributed by atoms with E-state index in [1.807, 2.05) is 0 Å². The Bertz CT molecular complexity index is 115. The van der Waals surface area contributed by atoms with Crippen LogP contribution in [0.4, 0.5) is 0 Å². The quantitative estimate of drug-likeness (QED) is 0.542. The van der Waals surface area contributed by atoms with Gasteiger partial charge in [-0.2, -0.15) is 0 Å². The van der Waals surface area contributed by atoms with Crippen molar-refractivity contribution < 1.29 is 4.74 Å². The largest absolute Gasteiger partial charge is 0.381 e. The van der Waals surface area contributed by atoms with Crippen LogP contribution in [0.15, 0.2) is 0 Å². The smallest absolute Gasteiger partial charge is 0.0466 e. The highest BCUT2D eigenvalue weighted by Crippen LogP contribution is 2.34. The fourth-order valence-corrected chi connectivity index (χ4v) is 1.98. The molecule has 0 spiro atoms. The fourth-order valence-electron chi connectivity index (χ4n) is 1.98. The highest BCUT2D eigenvalue weighted by Gasteiger charge is 2.24. The molecule has 0 aromatic carbocycles. The van der Waals surface area contributed by atoms with Gasteiger partial charge in [0.1, 0.15) is 0 Å². The topological polar surface area (TPSA) is 9.23 Å². The molecule has 1 saturated heterocycles. The molecule has 0 unspecified atom stereocenters. The number of ether oxygens (including phenoxy) is 1. The van der Waals surface area contributed by atoms with Crippen LogP contribution in [-0.2, 0) is 4.74 Å². The number of rotatable bonds is 0. The molecule has 12 heavy (non-hydrogen) atoms. The minimum Gasteiger partial charge on any atom is -0.381 e. The first-order valence-electron chi connectivity index (χ1n) is 5.18. The SMILES string of the molecule is CC(C)(C)C1CCCOCCC1. The molecule has 1 heteroatoms. The zero-order valence-electron chi connectivity index (χ0n) is 8.73. The minimum atomic E-state index is 0.497. The van der Waals surface area contributed by atoms with E-state index >= 15 is 0 Å². The van der Waals surface area contributed by atoms with Gasteiger partial charge in [0.25, 0.3) is 0 Å². The number of hydrogen-bond acceptors (Lipinski definition) is 1. The van der Waals surface area contributed by atoms with E-state index in [1.165, 1.54) is 25.7 Å². The summed E-state index contributed by atoms with van der Waals surface area (Å²) in [6.07, 6.45) is 5.21. The Hall–Kier alpha value is -0.0400. The zero-order chi connectivity index (χ0) is 9.03. The van der Waals surface area contributed by atoms with E-state index in [9.17, 15) is 0 Å². The summed E-state index contributed by atoms with van der Waals surface area (Å²) in [5.74, 6) is 0.904. The summed E-state index contributed by atoms with van der Waals surface area (Å²) in [6.45, 7) is 9.04. The second-order valence-electron chi connectivity index (χ2n) is 4.96. The zero-order valence-corrected chi connectivity index (χ0v) is 8.73. The van der Waals surface area contributed by atoms with Crippen LogP contribution < -0.4 is 0 Å². The van der Waals surface area contributed by atoms with Crippen LogP contribution >= 0.6 is 0 Å². The molecule has 1 aliphatic heterocycles. The van der Waals surface area contributed by atoms with Crippen molar-refractivity contribution in [3.05, 3.63) is 0 Å². The van der Waals surface area contributed by atoms with E-state index in [0.29, 0.717) is 5.41 Å². The average Bonchev–Trinajstić information content (AvgIpc) is 1.81. The van der Waals surface area contributed by atoms with Gasteiger partial charge in [-0.05, 0) is 37.0 Å². The van der Waals surface area contributed by atoms with Crippen LogP contribution in [0.2, 0.25) is 0 Å². The Morgan fingerprint density at radius 2 is 1.50 bits per heavy atom. The van der Waals surface area contributed by atoms with Crippen molar-refractivity contribution in [3.8, 4) is 0 Å². The molecule has 0 atom stereocenters. The van der Waals surface area contributed by atoms with Gasteiger partial charge in [-0.1, -0.05) is 20.8 Å². The third-order valence-electron chi connectivity index (χ3n) is 2.91. The van der Waals surface area contributed by atoms with Gasteiger partial charge in [0.2, 0.25) is 0 Å². The van der Waals surface area contributed by atoms with Crippen molar-refractivity contribution in [2.24, 2.45) is 11.3 Å². The molecule has 0 aromatic rings. The molecular formula is C11H22O. The predicted octanol–water partition coefficient (Wildman–Crippen LogP) is 3.24. The van der Waals surface area contributed by atoms with Crippen LogP contribution in [-0.4, -0.2) is 13.2 Å². The van der Waals surface area contributed by atoms with Gasteiger partial charge in [0, 0.05) is 13.2 Å². The maximum atomic E-state index is 5.44. The van der Waals surface area contributed by atoms with Crippen LogP contribution in [0.1, 0.15) is 46.5 Å². The summed E-state index contributed by atoms with van der Waals surface area (Å²) in [5, 5.41) is 0. The van der Waals surface area contributed by atoms with Crippen LogP contribution in [0.3, 0.4) is 0 Å². The normalized spacial score (nSPS) is 23.2. The molecule has 1 fully saturated rings. The Morgan fingerprint density at radius 1 is 1.00 bits per heavy atom. The maximum Gasteiger partial charge on any atom is 0.0466 e. The molecule has 0 amide bonds. The van der Waals surface area contributed by atoms with E-state index in [0.717, 1.165) is 19.1 Å².